The second-order valence-corrected chi connectivity index (χ2v) is 9.19. The number of imidazole rings is 1. The van der Waals surface area contributed by atoms with Crippen LogP contribution in [0.15, 0.2) is 41.6 Å². The molecule has 2 N–H and O–H groups in total. The Morgan fingerprint density at radius 3 is 2.90 bits per heavy atom. The molecule has 0 saturated carbocycles. The highest BCUT2D eigenvalue weighted by Gasteiger charge is 2.42. The number of anilines is 1. The van der Waals surface area contributed by atoms with Crippen molar-refractivity contribution >= 4 is 23.1 Å². The fraction of sp³-hybridized carbons (Fsp3) is 0.455. The summed E-state index contributed by atoms with van der Waals surface area (Å²) in [5, 5.41) is 10.6. The highest BCUT2D eigenvalue weighted by Crippen LogP contribution is 2.38. The molecule has 166 valence electrons. The Kier molecular flexibility index (Phi) is 6.34. The van der Waals surface area contributed by atoms with Crippen LogP contribution >= 0.6 is 11.8 Å². The van der Waals surface area contributed by atoms with E-state index in [0.29, 0.717) is 30.2 Å². The molecule has 0 aliphatic carbocycles. The Labute approximate surface area is 184 Å². The smallest absolute Gasteiger partial charge is 0.272 e. The van der Waals surface area contributed by atoms with Gasteiger partial charge < -0.3 is 15.4 Å². The Bertz CT molecular complexity index is 1060. The number of piperidine rings is 1. The molecule has 9 heteroatoms. The molecule has 3 aromatic rings. The number of nitrogens with one attached hydrogen (secondary N) is 2. The minimum atomic E-state index is -2.78. The monoisotopic (exact) mass is 447 g/mol. The summed E-state index contributed by atoms with van der Waals surface area (Å²) in [5.74, 6) is -1.79. The molecular weight excluding hydrogens is 420 g/mol. The van der Waals surface area contributed by atoms with E-state index in [1.54, 1.807) is 17.8 Å². The van der Waals surface area contributed by atoms with E-state index in [4.69, 9.17) is 4.74 Å². The van der Waals surface area contributed by atoms with E-state index < -0.39 is 11.2 Å². The first-order valence-electron chi connectivity index (χ1n) is 10.4. The molecule has 0 radical (unpaired) electrons. The number of rotatable bonds is 7. The number of methoxy groups -OCH3 is 1. The number of alkyl halides is 2. The second kappa shape index (κ2) is 9.00. The van der Waals surface area contributed by atoms with Gasteiger partial charge in [0.15, 0.2) is 5.65 Å². The van der Waals surface area contributed by atoms with Crippen LogP contribution in [0.2, 0.25) is 0 Å². The molecule has 0 spiro atoms. The van der Waals surface area contributed by atoms with Gasteiger partial charge in [-0.2, -0.15) is 5.10 Å². The third kappa shape index (κ3) is 4.62. The molecule has 2 aromatic heterocycles. The quantitative estimate of drug-likeness (QED) is 0.554. The molecule has 1 saturated heterocycles. The van der Waals surface area contributed by atoms with Gasteiger partial charge in [-0.25, -0.2) is 18.3 Å². The molecule has 1 aliphatic heterocycles. The van der Waals surface area contributed by atoms with Crippen LogP contribution in [0.3, 0.4) is 0 Å². The first-order chi connectivity index (χ1) is 14.9. The van der Waals surface area contributed by atoms with Crippen molar-refractivity contribution in [3.8, 4) is 5.75 Å². The Hall–Kier alpha value is -2.39. The zero-order valence-electron chi connectivity index (χ0n) is 17.9. The third-order valence-electron chi connectivity index (χ3n) is 5.40. The third-order valence-corrected chi connectivity index (χ3v) is 6.71. The van der Waals surface area contributed by atoms with Crippen LogP contribution in [-0.2, 0) is 6.54 Å². The largest absolute Gasteiger partial charge is 0.496 e. The van der Waals surface area contributed by atoms with Gasteiger partial charge >= 0.3 is 0 Å². The lowest BCUT2D eigenvalue weighted by Gasteiger charge is -2.31. The molecule has 1 fully saturated rings. The van der Waals surface area contributed by atoms with Crippen LogP contribution in [0.1, 0.15) is 37.4 Å². The van der Waals surface area contributed by atoms with Crippen LogP contribution in [0.4, 0.5) is 14.5 Å². The number of fused-ring (bicyclic) bond motifs is 1. The number of hydrogen-bond acceptors (Lipinski definition) is 6. The van der Waals surface area contributed by atoms with Crippen LogP contribution < -0.4 is 15.4 Å². The van der Waals surface area contributed by atoms with E-state index in [9.17, 15) is 8.78 Å². The Balaban J connectivity index is 1.68. The lowest BCUT2D eigenvalue weighted by molar-refractivity contribution is -0.0141. The molecule has 1 atom stereocenters. The van der Waals surface area contributed by atoms with Crippen molar-refractivity contribution in [2.45, 2.75) is 48.9 Å². The number of thioether (sulfide) groups is 1. The molecule has 3 heterocycles. The van der Waals surface area contributed by atoms with Crippen molar-refractivity contribution in [1.82, 2.24) is 19.9 Å². The van der Waals surface area contributed by atoms with Crippen molar-refractivity contribution in [2.24, 2.45) is 0 Å². The maximum absolute atomic E-state index is 14.4. The highest BCUT2D eigenvalue weighted by molar-refractivity contribution is 8.00. The van der Waals surface area contributed by atoms with Crippen molar-refractivity contribution in [2.75, 3.05) is 25.5 Å². The number of ether oxygens (including phenoxy) is 1. The molecule has 1 aromatic carbocycles. The molecule has 0 amide bonds. The van der Waals surface area contributed by atoms with Crippen molar-refractivity contribution in [1.29, 1.82) is 0 Å². The molecule has 6 nitrogen and oxygen atoms in total. The van der Waals surface area contributed by atoms with Crippen molar-refractivity contribution in [3.63, 3.8) is 0 Å². The summed E-state index contributed by atoms with van der Waals surface area (Å²) in [4.78, 5) is 4.55. The van der Waals surface area contributed by atoms with Crippen molar-refractivity contribution < 1.29 is 13.5 Å². The van der Waals surface area contributed by atoms with Gasteiger partial charge in [-0.1, -0.05) is 43.8 Å². The average molecular weight is 448 g/mol. The van der Waals surface area contributed by atoms with Gasteiger partial charge in [-0.05, 0) is 31.0 Å². The summed E-state index contributed by atoms with van der Waals surface area (Å²) in [6.07, 6.45) is 2.19. The van der Waals surface area contributed by atoms with Gasteiger partial charge in [0.1, 0.15) is 10.8 Å². The number of para-hydroxylation sites is 1. The summed E-state index contributed by atoms with van der Waals surface area (Å²) >= 11 is 1.14. The van der Waals surface area contributed by atoms with E-state index in [-0.39, 0.29) is 12.5 Å². The van der Waals surface area contributed by atoms with Gasteiger partial charge in [0, 0.05) is 12.1 Å². The van der Waals surface area contributed by atoms with E-state index in [1.807, 2.05) is 30.3 Å². The standard InChI is InChI=1S/C22H27F2N5OS/c1-14(2)17-12-27-21-16(26-11-15-6-4-5-7-18(15)30-3)10-20(28-29(17)21)31-19-8-9-25-13-22(19,23)24/h4-7,10,12,14,19,25-26H,8-9,11,13H2,1-3H3. The van der Waals surface area contributed by atoms with E-state index >= 15 is 0 Å². The minimum Gasteiger partial charge on any atom is -0.496 e. The first kappa shape index (κ1) is 21.8. The molecule has 0 bridgehead atoms. The molecule has 1 aliphatic rings. The van der Waals surface area contributed by atoms with Crippen LogP contribution in [0.25, 0.3) is 5.65 Å². The zero-order chi connectivity index (χ0) is 22.0. The number of hydrogen-bond donors (Lipinski definition) is 2. The first-order valence-corrected chi connectivity index (χ1v) is 11.3. The summed E-state index contributed by atoms with van der Waals surface area (Å²) in [6, 6.07) is 9.59. The Morgan fingerprint density at radius 1 is 1.35 bits per heavy atom. The zero-order valence-corrected chi connectivity index (χ0v) is 18.7. The maximum atomic E-state index is 14.4. The van der Waals surface area contributed by atoms with Gasteiger partial charge in [0.05, 0.1) is 36.5 Å². The number of aromatic nitrogens is 3. The van der Waals surface area contributed by atoms with E-state index in [1.165, 1.54) is 0 Å². The summed E-state index contributed by atoms with van der Waals surface area (Å²) in [6.45, 7) is 4.92. The minimum absolute atomic E-state index is 0.199. The fourth-order valence-electron chi connectivity index (χ4n) is 3.69. The summed E-state index contributed by atoms with van der Waals surface area (Å²) < 4.78 is 36.0. The molecule has 31 heavy (non-hydrogen) atoms. The normalized spacial score (nSPS) is 18.5. The molecule has 4 rings (SSSR count). The topological polar surface area (TPSA) is 63.5 Å². The number of nitrogens with zero attached hydrogens (tertiary/aromatic N) is 3. The molecular formula is C22H27F2N5OS. The van der Waals surface area contributed by atoms with Crippen LogP contribution in [0.5, 0.6) is 5.75 Å². The van der Waals surface area contributed by atoms with Gasteiger partial charge in [-0.3, -0.25) is 0 Å². The average Bonchev–Trinajstić information content (AvgIpc) is 3.18. The van der Waals surface area contributed by atoms with E-state index in [0.717, 1.165) is 34.5 Å². The number of benzene rings is 1. The van der Waals surface area contributed by atoms with Gasteiger partial charge in [0.25, 0.3) is 5.92 Å². The molecule has 1 unspecified atom stereocenters. The lowest BCUT2D eigenvalue weighted by atomic mass is 10.1. The van der Waals surface area contributed by atoms with E-state index in [2.05, 4.69) is 34.6 Å². The van der Waals surface area contributed by atoms with Gasteiger partial charge in [-0.15, -0.1) is 0 Å². The van der Waals surface area contributed by atoms with Crippen LogP contribution in [0, 0.1) is 0 Å². The second-order valence-electron chi connectivity index (χ2n) is 7.97. The number of halogens is 2. The lowest BCUT2D eigenvalue weighted by Crippen LogP contribution is -2.47. The predicted molar refractivity (Wildman–Crippen MR) is 119 cm³/mol. The Morgan fingerprint density at radius 2 is 2.16 bits per heavy atom. The summed E-state index contributed by atoms with van der Waals surface area (Å²) in [5.41, 5.74) is 3.37. The van der Waals surface area contributed by atoms with Gasteiger partial charge in [0.2, 0.25) is 0 Å². The highest BCUT2D eigenvalue weighted by atomic mass is 32.2. The fourth-order valence-corrected chi connectivity index (χ4v) is 4.79. The summed E-state index contributed by atoms with van der Waals surface area (Å²) in [7, 11) is 1.64. The van der Waals surface area contributed by atoms with Crippen LogP contribution in [-0.4, -0.2) is 46.0 Å². The SMILES string of the molecule is COc1ccccc1CNc1cc(SC2CCNCC2(F)F)nn2c(C(C)C)cnc12. The maximum Gasteiger partial charge on any atom is 0.272 e. The van der Waals surface area contributed by atoms with Crippen molar-refractivity contribution in [3.05, 3.63) is 47.8 Å². The predicted octanol–water partition coefficient (Wildman–Crippen LogP) is 4.56.